The van der Waals surface area contributed by atoms with E-state index in [1.54, 1.807) is 6.07 Å². The molecule has 120 valence electrons. The Kier molecular flexibility index (Phi) is 5.14. The van der Waals surface area contributed by atoms with Crippen LogP contribution in [0, 0.1) is 13.8 Å². The molecule has 0 saturated carbocycles. The third-order valence-electron chi connectivity index (χ3n) is 3.23. The van der Waals surface area contributed by atoms with Gasteiger partial charge in [-0.15, -0.1) is 0 Å². The third-order valence-corrected chi connectivity index (χ3v) is 3.23. The number of hydrazine groups is 1. The number of aromatic nitrogens is 1. The summed E-state index contributed by atoms with van der Waals surface area (Å²) in [5, 5.41) is 0. The second-order valence-corrected chi connectivity index (χ2v) is 4.95. The average Bonchev–Trinajstić information content (AvgIpc) is 2.54. The largest absolute Gasteiger partial charge is 0.484 e. The van der Waals surface area contributed by atoms with Gasteiger partial charge in [-0.2, -0.15) is 0 Å². The quantitative estimate of drug-likeness (QED) is 0.728. The summed E-state index contributed by atoms with van der Waals surface area (Å²) in [4.78, 5) is 37.2. The van der Waals surface area contributed by atoms with Crippen LogP contribution in [0.1, 0.15) is 21.5 Å². The van der Waals surface area contributed by atoms with E-state index in [-0.39, 0.29) is 12.2 Å². The van der Waals surface area contributed by atoms with Gasteiger partial charge in [-0.1, -0.05) is 6.07 Å². The molecule has 0 fully saturated rings. The van der Waals surface area contributed by atoms with Crippen LogP contribution in [-0.2, 0) is 4.79 Å². The molecule has 1 aromatic carbocycles. The van der Waals surface area contributed by atoms with Gasteiger partial charge in [0.2, 0.25) is 0 Å². The van der Waals surface area contributed by atoms with E-state index >= 15 is 0 Å². The monoisotopic (exact) mass is 315 g/mol. The Bertz CT molecular complexity index is 783. The Morgan fingerprint density at radius 3 is 2.61 bits per heavy atom. The van der Waals surface area contributed by atoms with E-state index in [0.29, 0.717) is 5.75 Å². The maximum Gasteiger partial charge on any atom is 0.276 e. The van der Waals surface area contributed by atoms with E-state index in [4.69, 9.17) is 4.74 Å². The summed E-state index contributed by atoms with van der Waals surface area (Å²) < 4.78 is 5.33. The molecule has 0 bridgehead atoms. The van der Waals surface area contributed by atoms with E-state index in [1.165, 1.54) is 18.3 Å². The number of aryl methyl sites for hydroxylation is 2. The molecule has 0 atom stereocenters. The molecular weight excluding hydrogens is 298 g/mol. The molecule has 1 aromatic heterocycles. The van der Waals surface area contributed by atoms with Gasteiger partial charge in [0.05, 0.1) is 0 Å². The Labute approximate surface area is 132 Å². The highest BCUT2D eigenvalue weighted by atomic mass is 16.5. The predicted octanol–water partition coefficient (Wildman–Crippen LogP) is 0.832. The predicted molar refractivity (Wildman–Crippen MR) is 84.1 cm³/mol. The van der Waals surface area contributed by atoms with Crippen molar-refractivity contribution in [3.05, 3.63) is 63.6 Å². The number of ether oxygens (including phenoxy) is 1. The van der Waals surface area contributed by atoms with E-state index in [1.807, 2.05) is 26.0 Å². The molecule has 2 amide bonds. The molecule has 0 aliphatic heterocycles. The van der Waals surface area contributed by atoms with Gasteiger partial charge < -0.3 is 9.72 Å². The molecule has 7 nitrogen and oxygen atoms in total. The lowest BCUT2D eigenvalue weighted by molar-refractivity contribution is -0.123. The minimum Gasteiger partial charge on any atom is -0.484 e. The Hall–Kier alpha value is -3.09. The summed E-state index contributed by atoms with van der Waals surface area (Å²) in [5.74, 6) is -0.676. The number of hydrogen-bond acceptors (Lipinski definition) is 4. The number of carbonyl (C=O) groups is 2. The van der Waals surface area contributed by atoms with Crippen LogP contribution in [0.5, 0.6) is 5.75 Å². The summed E-state index contributed by atoms with van der Waals surface area (Å²) in [6, 6.07) is 8.35. The van der Waals surface area contributed by atoms with Gasteiger partial charge in [-0.25, -0.2) is 0 Å². The average molecular weight is 315 g/mol. The van der Waals surface area contributed by atoms with Gasteiger partial charge in [-0.3, -0.25) is 25.2 Å². The molecule has 0 aliphatic rings. The molecule has 0 aliphatic carbocycles. The van der Waals surface area contributed by atoms with Crippen molar-refractivity contribution in [1.82, 2.24) is 15.8 Å². The van der Waals surface area contributed by atoms with Crippen molar-refractivity contribution in [2.24, 2.45) is 0 Å². The Morgan fingerprint density at radius 1 is 1.13 bits per heavy atom. The highest BCUT2D eigenvalue weighted by Crippen LogP contribution is 2.16. The van der Waals surface area contributed by atoms with Crippen LogP contribution < -0.4 is 21.1 Å². The molecular formula is C16H17N3O4. The fraction of sp³-hybridized carbons (Fsp3) is 0.188. The Balaban J connectivity index is 1.83. The van der Waals surface area contributed by atoms with Crippen LogP contribution in [0.2, 0.25) is 0 Å². The van der Waals surface area contributed by atoms with Gasteiger partial charge >= 0.3 is 0 Å². The summed E-state index contributed by atoms with van der Waals surface area (Å²) in [6.07, 6.45) is 1.41. The zero-order valence-corrected chi connectivity index (χ0v) is 12.8. The molecule has 3 N–H and O–H groups in total. The molecule has 0 saturated heterocycles. The highest BCUT2D eigenvalue weighted by Gasteiger charge is 2.11. The molecule has 0 unspecified atom stereocenters. The van der Waals surface area contributed by atoms with Gasteiger partial charge in [0, 0.05) is 6.20 Å². The number of hydrogen-bond donors (Lipinski definition) is 3. The van der Waals surface area contributed by atoms with Crippen molar-refractivity contribution in [1.29, 1.82) is 0 Å². The molecule has 0 spiro atoms. The standard InChI is InChI=1S/C16H17N3O4/c1-10-5-6-12(8-11(10)2)23-9-14(20)18-19-16(22)13-4-3-7-17-15(13)21/h3-8H,9H2,1-2H3,(H,17,21)(H,18,20)(H,19,22). The zero-order valence-electron chi connectivity index (χ0n) is 12.8. The van der Waals surface area contributed by atoms with Gasteiger partial charge in [0.15, 0.2) is 6.61 Å². The molecule has 1 heterocycles. The fourth-order valence-corrected chi connectivity index (χ4v) is 1.78. The second kappa shape index (κ2) is 7.26. The zero-order chi connectivity index (χ0) is 16.8. The van der Waals surface area contributed by atoms with Gasteiger partial charge in [0.25, 0.3) is 17.4 Å². The summed E-state index contributed by atoms with van der Waals surface area (Å²) in [5.41, 5.74) is 5.90. The number of carbonyl (C=O) groups excluding carboxylic acids is 2. The lowest BCUT2D eigenvalue weighted by Gasteiger charge is -2.09. The van der Waals surface area contributed by atoms with Gasteiger partial charge in [-0.05, 0) is 49.2 Å². The first-order valence-corrected chi connectivity index (χ1v) is 6.94. The number of rotatable bonds is 4. The lowest BCUT2D eigenvalue weighted by Crippen LogP contribution is -2.45. The lowest BCUT2D eigenvalue weighted by atomic mass is 10.1. The van der Waals surface area contributed by atoms with E-state index < -0.39 is 17.4 Å². The van der Waals surface area contributed by atoms with Crippen LogP contribution in [0.4, 0.5) is 0 Å². The van der Waals surface area contributed by atoms with Crippen molar-refractivity contribution in [3.8, 4) is 5.75 Å². The minimum absolute atomic E-state index is 0.0946. The van der Waals surface area contributed by atoms with Gasteiger partial charge in [0.1, 0.15) is 11.3 Å². The molecule has 7 heteroatoms. The number of amides is 2. The molecule has 0 radical (unpaired) electrons. The second-order valence-electron chi connectivity index (χ2n) is 4.95. The first-order chi connectivity index (χ1) is 11.0. The minimum atomic E-state index is -0.702. The van der Waals surface area contributed by atoms with Crippen LogP contribution >= 0.6 is 0 Å². The van der Waals surface area contributed by atoms with Crippen molar-refractivity contribution in [3.63, 3.8) is 0 Å². The Morgan fingerprint density at radius 2 is 1.91 bits per heavy atom. The van der Waals surface area contributed by atoms with Crippen LogP contribution in [0.15, 0.2) is 41.3 Å². The highest BCUT2D eigenvalue weighted by molar-refractivity contribution is 5.95. The molecule has 2 aromatic rings. The SMILES string of the molecule is Cc1ccc(OCC(=O)NNC(=O)c2ccc[nH]c2=O)cc1C. The third kappa shape index (κ3) is 4.44. The fourth-order valence-electron chi connectivity index (χ4n) is 1.78. The van der Waals surface area contributed by atoms with Crippen LogP contribution in [-0.4, -0.2) is 23.4 Å². The number of benzene rings is 1. The van der Waals surface area contributed by atoms with Crippen LogP contribution in [0.25, 0.3) is 0 Å². The maximum atomic E-state index is 11.7. The summed E-state index contributed by atoms with van der Waals surface area (Å²) >= 11 is 0. The number of nitrogens with one attached hydrogen (secondary N) is 3. The first-order valence-electron chi connectivity index (χ1n) is 6.94. The van der Waals surface area contributed by atoms with E-state index in [0.717, 1.165) is 11.1 Å². The number of pyridine rings is 1. The maximum absolute atomic E-state index is 11.7. The van der Waals surface area contributed by atoms with Crippen molar-refractivity contribution >= 4 is 11.8 Å². The van der Waals surface area contributed by atoms with Crippen molar-refractivity contribution < 1.29 is 14.3 Å². The first kappa shape index (κ1) is 16.3. The van der Waals surface area contributed by atoms with Crippen molar-refractivity contribution in [2.45, 2.75) is 13.8 Å². The smallest absolute Gasteiger partial charge is 0.276 e. The van der Waals surface area contributed by atoms with E-state index in [2.05, 4.69) is 15.8 Å². The van der Waals surface area contributed by atoms with E-state index in [9.17, 15) is 14.4 Å². The normalized spacial score (nSPS) is 10.0. The topological polar surface area (TPSA) is 100 Å². The number of H-pyrrole nitrogens is 1. The number of aromatic amines is 1. The van der Waals surface area contributed by atoms with Crippen LogP contribution in [0.3, 0.4) is 0 Å². The molecule has 2 rings (SSSR count). The summed E-state index contributed by atoms with van der Waals surface area (Å²) in [6.45, 7) is 3.67. The van der Waals surface area contributed by atoms with Crippen molar-refractivity contribution in [2.75, 3.05) is 6.61 Å². The molecule has 23 heavy (non-hydrogen) atoms. The summed E-state index contributed by atoms with van der Waals surface area (Å²) in [7, 11) is 0.